The molecule has 1 aliphatic rings. The van der Waals surface area contributed by atoms with E-state index in [4.69, 9.17) is 23.7 Å². The predicted molar refractivity (Wildman–Crippen MR) is 150 cm³/mol. The Bertz CT molecular complexity index is 1500. The molecule has 1 aromatic heterocycles. The van der Waals surface area contributed by atoms with Gasteiger partial charge >= 0.3 is 5.69 Å². The molecule has 0 saturated carbocycles. The maximum Gasteiger partial charge on any atom is 0.330 e. The number of benzene rings is 3. The van der Waals surface area contributed by atoms with Crippen molar-refractivity contribution >= 4 is 0 Å². The van der Waals surface area contributed by atoms with E-state index in [0.29, 0.717) is 11.5 Å². The van der Waals surface area contributed by atoms with E-state index in [1.807, 2.05) is 78.9 Å². The summed E-state index contributed by atoms with van der Waals surface area (Å²) < 4.78 is 30.5. The zero-order valence-electron chi connectivity index (χ0n) is 22.9. The maximum absolute atomic E-state index is 12.5. The summed E-state index contributed by atoms with van der Waals surface area (Å²) >= 11 is 0. The second kappa shape index (κ2) is 12.1. The predicted octanol–water partition coefficient (Wildman–Crippen LogP) is 2.84. The van der Waals surface area contributed by atoms with Crippen molar-refractivity contribution in [3.8, 4) is 11.5 Å². The van der Waals surface area contributed by atoms with Crippen LogP contribution in [0.15, 0.2) is 101 Å². The Morgan fingerprint density at radius 3 is 1.90 bits per heavy atom. The minimum absolute atomic E-state index is 0.0669. The number of hydrogen-bond donors (Lipinski definition) is 2. The molecule has 2 N–H and O–H groups in total. The van der Waals surface area contributed by atoms with Crippen molar-refractivity contribution in [3.05, 3.63) is 129 Å². The number of nitrogens with one attached hydrogen (secondary N) is 1. The van der Waals surface area contributed by atoms with Crippen LogP contribution in [0.25, 0.3) is 0 Å². The van der Waals surface area contributed by atoms with Crippen molar-refractivity contribution in [2.24, 2.45) is 0 Å². The first kappa shape index (κ1) is 28.3. The van der Waals surface area contributed by atoms with Gasteiger partial charge in [-0.05, 0) is 41.0 Å². The molecule has 0 bridgehead atoms. The zero-order chi connectivity index (χ0) is 29.0. The Hall–Kier alpha value is -4.22. The Labute approximate surface area is 236 Å². The number of aliphatic hydroxyl groups is 1. The smallest absolute Gasteiger partial charge is 0.330 e. The average molecular weight is 561 g/mol. The molecule has 10 heteroatoms. The number of aliphatic hydroxyl groups excluding tert-OH is 1. The summed E-state index contributed by atoms with van der Waals surface area (Å²) in [4.78, 5) is 26.3. The van der Waals surface area contributed by atoms with E-state index in [2.05, 4.69) is 4.98 Å². The fraction of sp³-hybridized carbons (Fsp3) is 0.290. The van der Waals surface area contributed by atoms with Crippen molar-refractivity contribution in [1.29, 1.82) is 0 Å². The molecule has 2 heterocycles. The fourth-order valence-electron chi connectivity index (χ4n) is 5.24. The summed E-state index contributed by atoms with van der Waals surface area (Å²) in [7, 11) is 4.64. The third-order valence-electron chi connectivity index (χ3n) is 7.35. The SMILES string of the molecule is COc1ccc(C(OC[C@H]2O[C@@H](n3ccc(=O)[nH]c3=O)[C@@H](OC)C2O)(c2ccccc2)c2ccc(OC)cc2)cc1. The van der Waals surface area contributed by atoms with Crippen molar-refractivity contribution in [2.75, 3.05) is 27.9 Å². The van der Waals surface area contributed by atoms with Crippen LogP contribution in [0.5, 0.6) is 11.5 Å². The van der Waals surface area contributed by atoms with Gasteiger partial charge in [0.05, 0.1) is 20.8 Å². The summed E-state index contributed by atoms with van der Waals surface area (Å²) in [6.45, 7) is -0.0669. The molecule has 1 aliphatic heterocycles. The number of methoxy groups -OCH3 is 3. The lowest BCUT2D eigenvalue weighted by Crippen LogP contribution is -2.40. The van der Waals surface area contributed by atoms with Gasteiger partial charge in [0.1, 0.15) is 35.4 Å². The van der Waals surface area contributed by atoms with Crippen molar-refractivity contribution in [1.82, 2.24) is 9.55 Å². The van der Waals surface area contributed by atoms with Gasteiger partial charge < -0.3 is 28.8 Å². The van der Waals surface area contributed by atoms with Crippen molar-refractivity contribution in [3.63, 3.8) is 0 Å². The molecule has 5 rings (SSSR count). The van der Waals surface area contributed by atoms with Crippen molar-refractivity contribution < 1.29 is 28.8 Å². The first-order valence-corrected chi connectivity index (χ1v) is 13.1. The van der Waals surface area contributed by atoms with Crippen LogP contribution in [0.3, 0.4) is 0 Å². The number of aromatic amines is 1. The molecule has 1 unspecified atom stereocenters. The quantitative estimate of drug-likeness (QED) is 0.284. The molecule has 41 heavy (non-hydrogen) atoms. The second-order valence-electron chi connectivity index (χ2n) is 9.59. The highest BCUT2D eigenvalue weighted by Gasteiger charge is 2.47. The van der Waals surface area contributed by atoms with Crippen LogP contribution in [0.4, 0.5) is 0 Å². The van der Waals surface area contributed by atoms with Crippen molar-refractivity contribution in [2.45, 2.75) is 30.1 Å². The highest BCUT2D eigenvalue weighted by molar-refractivity contribution is 5.49. The van der Waals surface area contributed by atoms with Crippen LogP contribution in [0.2, 0.25) is 0 Å². The van der Waals surface area contributed by atoms with E-state index in [1.165, 1.54) is 23.9 Å². The van der Waals surface area contributed by atoms with Gasteiger partial charge in [-0.25, -0.2) is 4.79 Å². The van der Waals surface area contributed by atoms with E-state index in [1.54, 1.807) is 14.2 Å². The maximum atomic E-state index is 12.5. The van der Waals surface area contributed by atoms with Crippen LogP contribution in [-0.2, 0) is 19.8 Å². The molecule has 10 nitrogen and oxygen atoms in total. The molecule has 0 radical (unpaired) electrons. The second-order valence-corrected chi connectivity index (χ2v) is 9.59. The van der Waals surface area contributed by atoms with Gasteiger partial charge in [-0.2, -0.15) is 0 Å². The Morgan fingerprint density at radius 1 is 0.829 bits per heavy atom. The largest absolute Gasteiger partial charge is 0.497 e. The lowest BCUT2D eigenvalue weighted by atomic mass is 9.80. The number of nitrogens with zero attached hydrogens (tertiary/aromatic N) is 1. The Morgan fingerprint density at radius 2 is 1.39 bits per heavy atom. The summed E-state index contributed by atoms with van der Waals surface area (Å²) in [5.74, 6) is 1.38. The van der Waals surface area contributed by atoms with Gasteiger partial charge in [0.2, 0.25) is 0 Å². The molecule has 0 aliphatic carbocycles. The van der Waals surface area contributed by atoms with E-state index in [0.717, 1.165) is 16.7 Å². The Kier molecular flexibility index (Phi) is 8.36. The number of aromatic nitrogens is 2. The standard InChI is InChI=1S/C31H32N2O8/c1-37-23-13-9-21(10-14-23)31(20-7-5-4-6-8-20,22-11-15-24(38-2)16-12-22)40-19-25-27(35)28(39-3)29(41-25)33-18-17-26(34)32-30(33)36/h4-18,25,27-29,35H,19H2,1-3H3,(H,32,34,36)/t25-,27?,28+,29-/m1/s1. The highest BCUT2D eigenvalue weighted by Crippen LogP contribution is 2.43. The summed E-state index contributed by atoms with van der Waals surface area (Å²) in [5.41, 5.74) is 0.147. The van der Waals surface area contributed by atoms with Gasteiger partial charge in [-0.3, -0.25) is 14.3 Å². The molecule has 1 saturated heterocycles. The number of hydrogen-bond acceptors (Lipinski definition) is 8. The highest BCUT2D eigenvalue weighted by atomic mass is 16.6. The van der Waals surface area contributed by atoms with E-state index >= 15 is 0 Å². The van der Waals surface area contributed by atoms with Crippen LogP contribution < -0.4 is 20.7 Å². The van der Waals surface area contributed by atoms with E-state index in [9.17, 15) is 14.7 Å². The normalized spacial score (nSPS) is 20.6. The molecular weight excluding hydrogens is 528 g/mol. The van der Waals surface area contributed by atoms with E-state index < -0.39 is 41.4 Å². The van der Waals surface area contributed by atoms with Gasteiger partial charge in [0.25, 0.3) is 5.56 Å². The molecule has 0 amide bonds. The lowest BCUT2D eigenvalue weighted by Gasteiger charge is -2.37. The van der Waals surface area contributed by atoms with Crippen LogP contribution in [0.1, 0.15) is 22.9 Å². The average Bonchev–Trinajstić information content (AvgIpc) is 3.33. The van der Waals surface area contributed by atoms with E-state index in [-0.39, 0.29) is 6.61 Å². The third-order valence-corrected chi connectivity index (χ3v) is 7.35. The molecule has 3 aromatic carbocycles. The minimum atomic E-state index is -1.14. The molecule has 0 spiro atoms. The van der Waals surface area contributed by atoms with Gasteiger partial charge in [0.15, 0.2) is 6.23 Å². The van der Waals surface area contributed by atoms with Gasteiger partial charge in [-0.15, -0.1) is 0 Å². The molecule has 1 fully saturated rings. The fourth-order valence-corrected chi connectivity index (χ4v) is 5.24. The monoisotopic (exact) mass is 560 g/mol. The zero-order valence-corrected chi connectivity index (χ0v) is 22.9. The van der Waals surface area contributed by atoms with Crippen LogP contribution in [0, 0.1) is 0 Å². The molecule has 214 valence electrons. The summed E-state index contributed by atoms with van der Waals surface area (Å²) in [6, 6.07) is 26.1. The lowest BCUT2D eigenvalue weighted by molar-refractivity contribution is -0.0967. The topological polar surface area (TPSA) is 121 Å². The van der Waals surface area contributed by atoms with Gasteiger partial charge in [0, 0.05) is 19.4 Å². The number of H-pyrrole nitrogens is 1. The molecular formula is C31H32N2O8. The molecule has 4 atom stereocenters. The van der Waals surface area contributed by atoms with Gasteiger partial charge in [-0.1, -0.05) is 54.6 Å². The Balaban J connectivity index is 1.57. The van der Waals surface area contributed by atoms with Crippen LogP contribution in [-0.4, -0.2) is 60.9 Å². The minimum Gasteiger partial charge on any atom is -0.497 e. The first-order chi connectivity index (χ1) is 19.9. The summed E-state index contributed by atoms with van der Waals surface area (Å²) in [6.07, 6.45) is -2.56. The first-order valence-electron chi connectivity index (χ1n) is 13.1. The number of ether oxygens (including phenoxy) is 5. The number of rotatable bonds is 10. The van der Waals surface area contributed by atoms with Crippen LogP contribution >= 0.6 is 0 Å². The summed E-state index contributed by atoms with van der Waals surface area (Å²) in [5, 5.41) is 11.2. The molecule has 4 aromatic rings. The third kappa shape index (κ3) is 5.42.